The lowest BCUT2D eigenvalue weighted by atomic mass is 9.92. The second-order valence-corrected chi connectivity index (χ2v) is 5.57. The highest BCUT2D eigenvalue weighted by molar-refractivity contribution is 5.75. The number of rotatable bonds is 4. The monoisotopic (exact) mass is 254 g/mol. The number of amides is 2. The van der Waals surface area contributed by atoms with Crippen molar-refractivity contribution in [1.82, 2.24) is 10.2 Å². The Bertz CT molecular complexity index is 328. The van der Waals surface area contributed by atoms with E-state index in [1.165, 1.54) is 12.8 Å². The van der Waals surface area contributed by atoms with Crippen molar-refractivity contribution in [3.05, 3.63) is 0 Å². The summed E-state index contributed by atoms with van der Waals surface area (Å²) in [7, 11) is 0. The second kappa shape index (κ2) is 5.59. The lowest BCUT2D eigenvalue weighted by Crippen LogP contribution is -2.50. The predicted molar refractivity (Wildman–Crippen MR) is 67.3 cm³/mol. The van der Waals surface area contributed by atoms with E-state index in [0.29, 0.717) is 19.4 Å². The van der Waals surface area contributed by atoms with Crippen LogP contribution >= 0.6 is 0 Å². The molecule has 2 N–H and O–H groups in total. The first-order valence-corrected chi connectivity index (χ1v) is 6.85. The lowest BCUT2D eigenvalue weighted by Gasteiger charge is -2.36. The molecule has 1 heterocycles. The third kappa shape index (κ3) is 3.37. The van der Waals surface area contributed by atoms with Gasteiger partial charge in [0.15, 0.2) is 0 Å². The van der Waals surface area contributed by atoms with Crippen LogP contribution in [0.3, 0.4) is 0 Å². The number of carboxylic acids is 1. The van der Waals surface area contributed by atoms with Gasteiger partial charge in [0.05, 0.1) is 5.92 Å². The van der Waals surface area contributed by atoms with E-state index in [4.69, 9.17) is 5.11 Å². The van der Waals surface area contributed by atoms with Crippen molar-refractivity contribution in [3.63, 3.8) is 0 Å². The van der Waals surface area contributed by atoms with Crippen LogP contribution in [0.4, 0.5) is 4.79 Å². The van der Waals surface area contributed by atoms with Crippen molar-refractivity contribution >= 4 is 12.0 Å². The summed E-state index contributed by atoms with van der Waals surface area (Å²) in [5, 5.41) is 11.9. The van der Waals surface area contributed by atoms with Crippen molar-refractivity contribution in [3.8, 4) is 0 Å². The summed E-state index contributed by atoms with van der Waals surface area (Å²) in [5.41, 5.74) is 0. The van der Waals surface area contributed by atoms with Gasteiger partial charge in [-0.05, 0) is 32.1 Å². The molecule has 2 amide bonds. The number of piperidine rings is 1. The average Bonchev–Trinajstić information content (AvgIpc) is 3.12. The standard InChI is InChI=1S/C13H22N2O3/c1-9-8-11(12(16)17)5-7-15(9)13(18)14-6-4-10-2-3-10/h9-11H,2-8H2,1H3,(H,14,18)(H,16,17). The third-order valence-corrected chi connectivity index (χ3v) is 4.01. The zero-order valence-electron chi connectivity index (χ0n) is 10.9. The molecule has 2 rings (SSSR count). The minimum absolute atomic E-state index is 0.0146. The number of carbonyl (C=O) groups excluding carboxylic acids is 1. The molecular formula is C13H22N2O3. The molecule has 0 aromatic carbocycles. The molecule has 0 spiro atoms. The summed E-state index contributed by atoms with van der Waals surface area (Å²) in [4.78, 5) is 24.6. The van der Waals surface area contributed by atoms with Gasteiger partial charge in [0.2, 0.25) is 0 Å². The topological polar surface area (TPSA) is 69.6 Å². The number of hydrogen-bond acceptors (Lipinski definition) is 2. The van der Waals surface area contributed by atoms with E-state index >= 15 is 0 Å². The van der Waals surface area contributed by atoms with Crippen LogP contribution in [-0.4, -0.2) is 41.1 Å². The molecule has 2 fully saturated rings. The Morgan fingerprint density at radius 1 is 1.33 bits per heavy atom. The van der Waals surface area contributed by atoms with Crippen LogP contribution in [0.5, 0.6) is 0 Å². The fourth-order valence-corrected chi connectivity index (χ4v) is 2.59. The molecule has 0 bridgehead atoms. The molecule has 5 heteroatoms. The summed E-state index contributed by atoms with van der Waals surface area (Å²) in [5.74, 6) is -0.216. The highest BCUT2D eigenvalue weighted by Gasteiger charge is 2.32. The van der Waals surface area contributed by atoms with Gasteiger partial charge in [0.25, 0.3) is 0 Å². The molecule has 18 heavy (non-hydrogen) atoms. The molecule has 102 valence electrons. The first-order chi connectivity index (χ1) is 8.58. The Labute approximate surface area is 108 Å². The van der Waals surface area contributed by atoms with E-state index in [0.717, 1.165) is 18.9 Å². The van der Waals surface area contributed by atoms with Gasteiger partial charge in [-0.2, -0.15) is 0 Å². The highest BCUT2D eigenvalue weighted by atomic mass is 16.4. The summed E-state index contributed by atoms with van der Waals surface area (Å²) in [6, 6.07) is -0.0206. The minimum atomic E-state index is -0.740. The smallest absolute Gasteiger partial charge is 0.317 e. The molecule has 0 aromatic heterocycles. The summed E-state index contributed by atoms with van der Waals surface area (Å²) in [6.07, 6.45) is 4.80. The Balaban J connectivity index is 1.74. The van der Waals surface area contributed by atoms with Gasteiger partial charge in [-0.25, -0.2) is 4.79 Å². The van der Waals surface area contributed by atoms with E-state index in [1.807, 2.05) is 6.92 Å². The number of likely N-dealkylation sites (tertiary alicyclic amines) is 1. The van der Waals surface area contributed by atoms with Crippen LogP contribution in [0.2, 0.25) is 0 Å². The number of nitrogens with zero attached hydrogens (tertiary/aromatic N) is 1. The van der Waals surface area contributed by atoms with Crippen molar-refractivity contribution in [2.75, 3.05) is 13.1 Å². The molecule has 5 nitrogen and oxygen atoms in total. The van der Waals surface area contributed by atoms with Gasteiger partial charge in [0, 0.05) is 19.1 Å². The zero-order valence-corrected chi connectivity index (χ0v) is 10.9. The molecule has 0 aromatic rings. The normalized spacial score (nSPS) is 27.9. The highest BCUT2D eigenvalue weighted by Crippen LogP contribution is 2.31. The Hall–Kier alpha value is -1.26. The van der Waals surface area contributed by atoms with Gasteiger partial charge < -0.3 is 15.3 Å². The number of carboxylic acid groups (broad SMARTS) is 1. The van der Waals surface area contributed by atoms with Crippen molar-refractivity contribution in [1.29, 1.82) is 0 Å². The van der Waals surface area contributed by atoms with Gasteiger partial charge >= 0.3 is 12.0 Å². The number of carbonyl (C=O) groups is 2. The van der Waals surface area contributed by atoms with Crippen molar-refractivity contribution in [2.45, 2.75) is 45.1 Å². The maximum absolute atomic E-state index is 12.0. The van der Waals surface area contributed by atoms with E-state index in [1.54, 1.807) is 4.90 Å². The van der Waals surface area contributed by atoms with Gasteiger partial charge in [0.1, 0.15) is 0 Å². The number of hydrogen-bond donors (Lipinski definition) is 2. The maximum atomic E-state index is 12.0. The summed E-state index contributed by atoms with van der Waals surface area (Å²) in [6.45, 7) is 3.22. The van der Waals surface area contributed by atoms with Crippen LogP contribution in [0.25, 0.3) is 0 Å². The Kier molecular flexibility index (Phi) is 4.09. The van der Waals surface area contributed by atoms with Gasteiger partial charge in [-0.3, -0.25) is 4.79 Å². The third-order valence-electron chi connectivity index (χ3n) is 4.01. The fourth-order valence-electron chi connectivity index (χ4n) is 2.59. The molecule has 0 radical (unpaired) electrons. The molecule has 2 unspecified atom stereocenters. The van der Waals surface area contributed by atoms with Crippen LogP contribution in [-0.2, 0) is 4.79 Å². The average molecular weight is 254 g/mol. The summed E-state index contributed by atoms with van der Waals surface area (Å²) < 4.78 is 0. The molecule has 2 atom stereocenters. The molecule has 2 aliphatic rings. The zero-order chi connectivity index (χ0) is 13.1. The van der Waals surface area contributed by atoms with E-state index < -0.39 is 5.97 Å². The van der Waals surface area contributed by atoms with E-state index in [9.17, 15) is 9.59 Å². The van der Waals surface area contributed by atoms with Crippen molar-refractivity contribution in [2.24, 2.45) is 11.8 Å². The summed E-state index contributed by atoms with van der Waals surface area (Å²) >= 11 is 0. The number of aliphatic carboxylic acids is 1. The minimum Gasteiger partial charge on any atom is -0.481 e. The van der Waals surface area contributed by atoms with Crippen molar-refractivity contribution < 1.29 is 14.7 Å². The quantitative estimate of drug-likeness (QED) is 0.802. The molecular weight excluding hydrogens is 232 g/mol. The van der Waals surface area contributed by atoms with Gasteiger partial charge in [-0.1, -0.05) is 12.8 Å². The van der Waals surface area contributed by atoms with E-state index in [-0.39, 0.29) is 18.0 Å². The lowest BCUT2D eigenvalue weighted by molar-refractivity contribution is -0.143. The second-order valence-electron chi connectivity index (χ2n) is 5.57. The SMILES string of the molecule is CC1CC(C(=O)O)CCN1C(=O)NCCC1CC1. The van der Waals surface area contributed by atoms with Crippen LogP contribution in [0, 0.1) is 11.8 Å². The number of urea groups is 1. The molecule has 1 saturated carbocycles. The fraction of sp³-hybridized carbons (Fsp3) is 0.846. The largest absolute Gasteiger partial charge is 0.481 e. The first kappa shape index (κ1) is 13.2. The molecule has 1 aliphatic heterocycles. The van der Waals surface area contributed by atoms with E-state index in [2.05, 4.69) is 5.32 Å². The molecule has 1 saturated heterocycles. The van der Waals surface area contributed by atoms with Gasteiger partial charge in [-0.15, -0.1) is 0 Å². The predicted octanol–water partition coefficient (Wildman–Crippen LogP) is 1.68. The Morgan fingerprint density at radius 2 is 2.06 bits per heavy atom. The first-order valence-electron chi connectivity index (χ1n) is 6.85. The number of nitrogens with one attached hydrogen (secondary N) is 1. The van der Waals surface area contributed by atoms with Crippen LogP contribution < -0.4 is 5.32 Å². The van der Waals surface area contributed by atoms with Crippen LogP contribution in [0.15, 0.2) is 0 Å². The Morgan fingerprint density at radius 3 is 2.61 bits per heavy atom. The molecule has 1 aliphatic carbocycles. The van der Waals surface area contributed by atoms with Crippen LogP contribution in [0.1, 0.15) is 39.0 Å². The maximum Gasteiger partial charge on any atom is 0.317 e.